The second kappa shape index (κ2) is 8.14. The predicted molar refractivity (Wildman–Crippen MR) is 112 cm³/mol. The first kappa shape index (κ1) is 20.5. The predicted octanol–water partition coefficient (Wildman–Crippen LogP) is 4.44. The topological polar surface area (TPSA) is 64.7 Å². The fourth-order valence-corrected chi connectivity index (χ4v) is 3.52. The second-order valence-corrected chi connectivity index (χ2v) is 7.30. The summed E-state index contributed by atoms with van der Waals surface area (Å²) in [4.78, 5) is 12.9. The van der Waals surface area contributed by atoms with Crippen LogP contribution in [0, 0.1) is 25.5 Å². The number of hydrogen-bond acceptors (Lipinski definition) is 3. The highest BCUT2D eigenvalue weighted by atomic mass is 19.1. The van der Waals surface area contributed by atoms with Crippen LogP contribution in [0.2, 0.25) is 0 Å². The Kier molecular flexibility index (Phi) is 5.37. The Hall–Kier alpha value is -3.81. The molecule has 158 valence electrons. The SMILES string of the molecule is Cc1c(C(=O)NC(C)c2cnn(-c3ccc(F)cc3)c2C)cnn1-c1ccc(F)cc1. The van der Waals surface area contributed by atoms with Crippen molar-refractivity contribution in [1.29, 1.82) is 0 Å². The summed E-state index contributed by atoms with van der Waals surface area (Å²) < 4.78 is 29.7. The van der Waals surface area contributed by atoms with Crippen LogP contribution in [0.1, 0.15) is 40.3 Å². The number of carbonyl (C=O) groups excluding carboxylic acids is 1. The molecule has 2 heterocycles. The smallest absolute Gasteiger partial charge is 0.255 e. The number of nitrogens with zero attached hydrogens (tertiary/aromatic N) is 4. The Labute approximate surface area is 178 Å². The molecule has 1 N–H and O–H groups in total. The monoisotopic (exact) mass is 421 g/mol. The van der Waals surface area contributed by atoms with E-state index >= 15 is 0 Å². The first-order chi connectivity index (χ1) is 14.8. The summed E-state index contributed by atoms with van der Waals surface area (Å²) in [7, 11) is 0. The molecule has 0 aliphatic heterocycles. The van der Waals surface area contributed by atoms with Crippen LogP contribution in [0.3, 0.4) is 0 Å². The van der Waals surface area contributed by atoms with Crippen molar-refractivity contribution in [2.45, 2.75) is 26.8 Å². The summed E-state index contributed by atoms with van der Waals surface area (Å²) in [6.07, 6.45) is 3.19. The molecule has 0 saturated heterocycles. The molecule has 0 bridgehead atoms. The normalized spacial score (nSPS) is 12.0. The molecule has 4 rings (SSSR count). The van der Waals surface area contributed by atoms with E-state index in [9.17, 15) is 13.6 Å². The number of rotatable bonds is 5. The van der Waals surface area contributed by atoms with E-state index < -0.39 is 0 Å². The van der Waals surface area contributed by atoms with Crippen molar-refractivity contribution in [3.8, 4) is 11.4 Å². The molecule has 31 heavy (non-hydrogen) atoms. The fraction of sp³-hybridized carbons (Fsp3) is 0.174. The Morgan fingerprint density at radius 3 is 1.87 bits per heavy atom. The number of benzene rings is 2. The lowest BCUT2D eigenvalue weighted by Gasteiger charge is -2.14. The molecule has 0 saturated carbocycles. The van der Waals surface area contributed by atoms with Gasteiger partial charge in [-0.05, 0) is 69.3 Å². The van der Waals surface area contributed by atoms with E-state index in [-0.39, 0.29) is 23.6 Å². The molecule has 0 radical (unpaired) electrons. The summed E-state index contributed by atoms with van der Waals surface area (Å²) in [5.41, 5.74) is 4.18. The van der Waals surface area contributed by atoms with Crippen LogP contribution in [0.5, 0.6) is 0 Å². The van der Waals surface area contributed by atoms with Crippen molar-refractivity contribution in [3.05, 3.63) is 95.1 Å². The van der Waals surface area contributed by atoms with E-state index in [2.05, 4.69) is 15.5 Å². The number of carbonyl (C=O) groups is 1. The lowest BCUT2D eigenvalue weighted by molar-refractivity contribution is 0.0939. The van der Waals surface area contributed by atoms with Crippen molar-refractivity contribution in [2.75, 3.05) is 0 Å². The summed E-state index contributed by atoms with van der Waals surface area (Å²) >= 11 is 0. The minimum absolute atomic E-state index is 0.271. The standard InChI is InChI=1S/C23H21F2N5O/c1-14(21-12-26-29(15(21)2)19-8-4-17(24)5-9-19)28-23(31)22-13-27-30(16(22)3)20-10-6-18(25)7-11-20/h4-14H,1-3H3,(H,28,31). The third kappa shape index (κ3) is 3.96. The molecule has 6 nitrogen and oxygen atoms in total. The van der Waals surface area contributed by atoms with E-state index in [4.69, 9.17) is 0 Å². The van der Waals surface area contributed by atoms with Crippen molar-refractivity contribution in [1.82, 2.24) is 24.9 Å². The van der Waals surface area contributed by atoms with Gasteiger partial charge in [-0.2, -0.15) is 10.2 Å². The molecule has 4 aromatic rings. The minimum atomic E-state index is -0.336. The number of halogens is 2. The molecule has 1 atom stereocenters. The van der Waals surface area contributed by atoms with Gasteiger partial charge in [-0.3, -0.25) is 4.79 Å². The highest BCUT2D eigenvalue weighted by molar-refractivity contribution is 5.95. The molecule has 0 spiro atoms. The van der Waals surface area contributed by atoms with Gasteiger partial charge in [0.15, 0.2) is 0 Å². The molecule has 0 aliphatic rings. The van der Waals surface area contributed by atoms with Gasteiger partial charge >= 0.3 is 0 Å². The van der Waals surface area contributed by atoms with E-state index in [0.29, 0.717) is 16.9 Å². The van der Waals surface area contributed by atoms with Crippen LogP contribution in [0.15, 0.2) is 60.9 Å². The maximum atomic E-state index is 13.2. The van der Waals surface area contributed by atoms with Gasteiger partial charge in [0.25, 0.3) is 5.91 Å². The molecule has 1 amide bonds. The zero-order valence-electron chi connectivity index (χ0n) is 17.3. The molecule has 0 aliphatic carbocycles. The Morgan fingerprint density at radius 2 is 1.32 bits per heavy atom. The first-order valence-corrected chi connectivity index (χ1v) is 9.77. The van der Waals surface area contributed by atoms with Crippen molar-refractivity contribution in [3.63, 3.8) is 0 Å². The molecular formula is C23H21F2N5O. The Morgan fingerprint density at radius 1 is 0.839 bits per heavy atom. The summed E-state index contributed by atoms with van der Waals surface area (Å²) in [5, 5.41) is 11.6. The number of amides is 1. The van der Waals surface area contributed by atoms with Crippen LogP contribution in [-0.4, -0.2) is 25.5 Å². The van der Waals surface area contributed by atoms with Gasteiger partial charge in [-0.25, -0.2) is 18.1 Å². The third-order valence-corrected chi connectivity index (χ3v) is 5.26. The van der Waals surface area contributed by atoms with Crippen LogP contribution in [-0.2, 0) is 0 Å². The quantitative estimate of drug-likeness (QED) is 0.518. The number of aromatic nitrogens is 4. The fourth-order valence-electron chi connectivity index (χ4n) is 3.52. The van der Waals surface area contributed by atoms with E-state index in [1.165, 1.54) is 30.5 Å². The van der Waals surface area contributed by atoms with Gasteiger partial charge in [0.1, 0.15) is 11.6 Å². The molecular weight excluding hydrogens is 400 g/mol. The molecule has 2 aromatic heterocycles. The Balaban J connectivity index is 1.53. The summed E-state index contributed by atoms with van der Waals surface area (Å²) in [6, 6.07) is 11.6. The van der Waals surface area contributed by atoms with Gasteiger partial charge in [-0.1, -0.05) is 0 Å². The van der Waals surface area contributed by atoms with Gasteiger partial charge in [0.2, 0.25) is 0 Å². The largest absolute Gasteiger partial charge is 0.345 e. The number of nitrogens with one attached hydrogen (secondary N) is 1. The molecule has 2 aromatic carbocycles. The van der Waals surface area contributed by atoms with Gasteiger partial charge in [0.05, 0.1) is 41.1 Å². The first-order valence-electron chi connectivity index (χ1n) is 9.77. The molecule has 0 fully saturated rings. The number of hydrogen-bond donors (Lipinski definition) is 1. The lowest BCUT2D eigenvalue weighted by atomic mass is 10.1. The van der Waals surface area contributed by atoms with E-state index in [1.807, 2.05) is 13.8 Å². The highest BCUT2D eigenvalue weighted by Crippen LogP contribution is 2.22. The summed E-state index contributed by atoms with van der Waals surface area (Å²) in [6.45, 7) is 5.55. The lowest BCUT2D eigenvalue weighted by Crippen LogP contribution is -2.27. The van der Waals surface area contributed by atoms with E-state index in [1.54, 1.807) is 46.7 Å². The van der Waals surface area contributed by atoms with Gasteiger partial charge in [-0.15, -0.1) is 0 Å². The van der Waals surface area contributed by atoms with Crippen LogP contribution >= 0.6 is 0 Å². The van der Waals surface area contributed by atoms with Crippen molar-refractivity contribution >= 4 is 5.91 Å². The maximum absolute atomic E-state index is 13.2. The second-order valence-electron chi connectivity index (χ2n) is 7.30. The molecule has 8 heteroatoms. The van der Waals surface area contributed by atoms with Crippen molar-refractivity contribution in [2.24, 2.45) is 0 Å². The highest BCUT2D eigenvalue weighted by Gasteiger charge is 2.20. The van der Waals surface area contributed by atoms with Crippen LogP contribution < -0.4 is 5.32 Å². The third-order valence-electron chi connectivity index (χ3n) is 5.26. The van der Waals surface area contributed by atoms with Crippen molar-refractivity contribution < 1.29 is 13.6 Å². The summed E-state index contributed by atoms with van der Waals surface area (Å²) in [5.74, 6) is -0.921. The minimum Gasteiger partial charge on any atom is -0.345 e. The maximum Gasteiger partial charge on any atom is 0.255 e. The van der Waals surface area contributed by atoms with Gasteiger partial charge < -0.3 is 5.32 Å². The van der Waals surface area contributed by atoms with E-state index in [0.717, 1.165) is 16.9 Å². The average Bonchev–Trinajstić information content (AvgIpc) is 3.32. The Bertz CT molecular complexity index is 1230. The molecule has 1 unspecified atom stereocenters. The van der Waals surface area contributed by atoms with Crippen LogP contribution in [0.4, 0.5) is 8.78 Å². The zero-order valence-corrected chi connectivity index (χ0v) is 17.3. The van der Waals surface area contributed by atoms with Gasteiger partial charge in [0, 0.05) is 11.3 Å². The van der Waals surface area contributed by atoms with Crippen LogP contribution in [0.25, 0.3) is 11.4 Å². The average molecular weight is 421 g/mol. The zero-order chi connectivity index (χ0) is 22.1.